The molecule has 0 saturated carbocycles. The number of fused-ring (bicyclic) bond motifs is 1. The van der Waals surface area contributed by atoms with Crippen LogP contribution in [0.25, 0.3) is 0 Å². The standard InChI is InChI=1S/C18H20ClFN2O2/c1-21-11-16(23)18(12-3-2-4-14(20)9-12)22-7-8-24-17-6-5-13(19)10-15(17)22/h2-6,9-10,16,18,21,23H,7-8,11H2,1H3. The highest BCUT2D eigenvalue weighted by Crippen LogP contribution is 2.40. The van der Waals surface area contributed by atoms with Crippen LogP contribution in [-0.2, 0) is 0 Å². The Kier molecular flexibility index (Phi) is 5.23. The predicted octanol–water partition coefficient (Wildman–Crippen LogP) is 3.00. The molecule has 2 aromatic carbocycles. The molecule has 0 saturated heterocycles. The van der Waals surface area contributed by atoms with Crippen LogP contribution in [0.3, 0.4) is 0 Å². The fraction of sp³-hybridized carbons (Fsp3) is 0.333. The van der Waals surface area contributed by atoms with Crippen molar-refractivity contribution in [2.75, 3.05) is 31.6 Å². The van der Waals surface area contributed by atoms with E-state index in [9.17, 15) is 9.50 Å². The SMILES string of the molecule is CNCC(O)C(c1cccc(F)c1)N1CCOc2ccc(Cl)cc21. The van der Waals surface area contributed by atoms with Crippen LogP contribution >= 0.6 is 11.6 Å². The average Bonchev–Trinajstić information content (AvgIpc) is 2.56. The Bertz CT molecular complexity index is 713. The second-order valence-corrected chi connectivity index (χ2v) is 6.22. The maximum absolute atomic E-state index is 13.7. The number of anilines is 1. The van der Waals surface area contributed by atoms with Crippen molar-refractivity contribution in [3.63, 3.8) is 0 Å². The molecule has 0 aliphatic carbocycles. The summed E-state index contributed by atoms with van der Waals surface area (Å²) in [5.41, 5.74) is 1.52. The molecule has 2 atom stereocenters. The summed E-state index contributed by atoms with van der Waals surface area (Å²) in [7, 11) is 1.77. The van der Waals surface area contributed by atoms with E-state index in [4.69, 9.17) is 16.3 Å². The normalized spacial score (nSPS) is 16.2. The van der Waals surface area contributed by atoms with Crippen molar-refractivity contribution in [2.45, 2.75) is 12.1 Å². The van der Waals surface area contributed by atoms with E-state index in [1.54, 1.807) is 19.2 Å². The summed E-state index contributed by atoms with van der Waals surface area (Å²) in [5.74, 6) is 0.387. The number of halogens is 2. The Morgan fingerprint density at radius 1 is 1.33 bits per heavy atom. The number of nitrogens with zero attached hydrogens (tertiary/aromatic N) is 1. The molecule has 128 valence electrons. The zero-order valence-electron chi connectivity index (χ0n) is 13.4. The molecular formula is C18H20ClFN2O2. The summed E-state index contributed by atoms with van der Waals surface area (Å²) in [6.07, 6.45) is -0.721. The highest BCUT2D eigenvalue weighted by Gasteiger charge is 2.31. The lowest BCUT2D eigenvalue weighted by Crippen LogP contribution is -2.44. The second-order valence-electron chi connectivity index (χ2n) is 5.78. The van der Waals surface area contributed by atoms with Crippen molar-refractivity contribution < 1.29 is 14.2 Å². The van der Waals surface area contributed by atoms with E-state index in [2.05, 4.69) is 5.32 Å². The van der Waals surface area contributed by atoms with Crippen LogP contribution in [0.4, 0.5) is 10.1 Å². The molecule has 3 rings (SSSR count). The number of aliphatic hydroxyl groups is 1. The van der Waals surface area contributed by atoms with Crippen LogP contribution in [0.2, 0.25) is 5.02 Å². The third-order valence-corrected chi connectivity index (χ3v) is 4.36. The quantitative estimate of drug-likeness (QED) is 0.870. The molecule has 0 fully saturated rings. The Labute approximate surface area is 145 Å². The number of nitrogens with one attached hydrogen (secondary N) is 1. The number of ether oxygens (including phenoxy) is 1. The highest BCUT2D eigenvalue weighted by atomic mass is 35.5. The topological polar surface area (TPSA) is 44.7 Å². The van der Waals surface area contributed by atoms with Crippen molar-refractivity contribution in [3.8, 4) is 5.75 Å². The van der Waals surface area contributed by atoms with Gasteiger partial charge in [-0.05, 0) is 42.9 Å². The molecule has 1 aliphatic heterocycles. The number of rotatable bonds is 5. The average molecular weight is 351 g/mol. The first-order chi connectivity index (χ1) is 11.6. The Morgan fingerprint density at radius 2 is 2.17 bits per heavy atom. The molecule has 24 heavy (non-hydrogen) atoms. The zero-order valence-corrected chi connectivity index (χ0v) is 14.1. The van der Waals surface area contributed by atoms with Crippen LogP contribution in [0.1, 0.15) is 11.6 Å². The van der Waals surface area contributed by atoms with Crippen molar-refractivity contribution >= 4 is 17.3 Å². The summed E-state index contributed by atoms with van der Waals surface area (Å²) >= 11 is 6.14. The highest BCUT2D eigenvalue weighted by molar-refractivity contribution is 6.31. The predicted molar refractivity (Wildman–Crippen MR) is 93.4 cm³/mol. The van der Waals surface area contributed by atoms with Gasteiger partial charge in [-0.15, -0.1) is 0 Å². The molecule has 2 N–H and O–H groups in total. The Hall–Kier alpha value is -1.82. The van der Waals surface area contributed by atoms with Crippen LogP contribution in [-0.4, -0.2) is 38.0 Å². The minimum absolute atomic E-state index is 0.325. The van der Waals surface area contributed by atoms with E-state index >= 15 is 0 Å². The van der Waals surface area contributed by atoms with E-state index in [-0.39, 0.29) is 5.82 Å². The molecule has 0 bridgehead atoms. The minimum atomic E-state index is -0.721. The van der Waals surface area contributed by atoms with Crippen LogP contribution in [0.5, 0.6) is 5.75 Å². The van der Waals surface area contributed by atoms with Gasteiger partial charge in [0, 0.05) is 11.6 Å². The summed E-state index contributed by atoms with van der Waals surface area (Å²) in [4.78, 5) is 2.03. The van der Waals surface area contributed by atoms with Gasteiger partial charge in [-0.25, -0.2) is 4.39 Å². The van der Waals surface area contributed by atoms with Gasteiger partial charge >= 0.3 is 0 Å². The van der Waals surface area contributed by atoms with Crippen molar-refractivity contribution in [2.24, 2.45) is 0 Å². The zero-order chi connectivity index (χ0) is 17.1. The van der Waals surface area contributed by atoms with Gasteiger partial charge in [0.15, 0.2) is 0 Å². The number of hydrogen-bond donors (Lipinski definition) is 2. The summed E-state index contributed by atoms with van der Waals surface area (Å²) in [5, 5.41) is 14.3. The van der Waals surface area contributed by atoms with E-state index < -0.39 is 12.1 Å². The lowest BCUT2D eigenvalue weighted by atomic mass is 9.97. The molecule has 0 radical (unpaired) electrons. The molecule has 1 heterocycles. The lowest BCUT2D eigenvalue weighted by molar-refractivity contribution is 0.135. The van der Waals surface area contributed by atoms with Crippen molar-refractivity contribution in [1.29, 1.82) is 0 Å². The van der Waals surface area contributed by atoms with Gasteiger partial charge in [-0.3, -0.25) is 0 Å². The van der Waals surface area contributed by atoms with Crippen LogP contribution in [0.15, 0.2) is 42.5 Å². The molecule has 6 heteroatoms. The molecule has 4 nitrogen and oxygen atoms in total. The molecule has 0 aromatic heterocycles. The molecular weight excluding hydrogens is 331 g/mol. The third kappa shape index (κ3) is 3.48. The minimum Gasteiger partial charge on any atom is -0.490 e. The van der Waals surface area contributed by atoms with Crippen molar-refractivity contribution in [1.82, 2.24) is 5.32 Å². The van der Waals surface area contributed by atoms with Gasteiger partial charge in [0.2, 0.25) is 0 Å². The Balaban J connectivity index is 2.05. The Morgan fingerprint density at radius 3 is 2.92 bits per heavy atom. The number of hydrogen-bond acceptors (Lipinski definition) is 4. The lowest BCUT2D eigenvalue weighted by Gasteiger charge is -2.40. The van der Waals surface area contributed by atoms with Gasteiger partial charge < -0.3 is 20.1 Å². The van der Waals surface area contributed by atoms with E-state index in [0.29, 0.717) is 36.0 Å². The molecule has 0 amide bonds. The van der Waals surface area contributed by atoms with E-state index in [1.165, 1.54) is 12.1 Å². The fourth-order valence-corrected chi connectivity index (χ4v) is 3.29. The van der Waals surface area contributed by atoms with Crippen molar-refractivity contribution in [3.05, 3.63) is 58.9 Å². The van der Waals surface area contributed by atoms with Gasteiger partial charge in [-0.2, -0.15) is 0 Å². The summed E-state index contributed by atoms with van der Waals surface area (Å²) in [6.45, 7) is 1.45. The molecule has 2 unspecified atom stereocenters. The summed E-state index contributed by atoms with van der Waals surface area (Å²) in [6, 6.07) is 11.3. The fourth-order valence-electron chi connectivity index (χ4n) is 3.12. The second kappa shape index (κ2) is 7.38. The van der Waals surface area contributed by atoms with Crippen LogP contribution < -0.4 is 15.0 Å². The first-order valence-electron chi connectivity index (χ1n) is 7.87. The summed E-state index contributed by atoms with van der Waals surface area (Å²) < 4.78 is 19.4. The maximum Gasteiger partial charge on any atom is 0.142 e. The third-order valence-electron chi connectivity index (χ3n) is 4.12. The molecule has 1 aliphatic rings. The maximum atomic E-state index is 13.7. The van der Waals surface area contributed by atoms with Gasteiger partial charge in [0.1, 0.15) is 18.2 Å². The van der Waals surface area contributed by atoms with E-state index in [1.807, 2.05) is 23.1 Å². The smallest absolute Gasteiger partial charge is 0.142 e. The van der Waals surface area contributed by atoms with Crippen LogP contribution in [0, 0.1) is 5.82 Å². The first-order valence-corrected chi connectivity index (χ1v) is 8.25. The largest absolute Gasteiger partial charge is 0.490 e. The van der Waals surface area contributed by atoms with E-state index in [0.717, 1.165) is 5.69 Å². The van der Waals surface area contributed by atoms with Gasteiger partial charge in [0.05, 0.1) is 24.4 Å². The van der Waals surface area contributed by atoms with Gasteiger partial charge in [-0.1, -0.05) is 23.7 Å². The number of likely N-dealkylation sites (N-methyl/N-ethyl adjacent to an activating group) is 1. The number of aliphatic hydroxyl groups excluding tert-OH is 1. The van der Waals surface area contributed by atoms with Gasteiger partial charge in [0.25, 0.3) is 0 Å². The molecule has 2 aromatic rings. The monoisotopic (exact) mass is 350 g/mol. The first kappa shape index (κ1) is 17.0. The molecule has 0 spiro atoms. The number of benzene rings is 2.